The number of amidine groups is 1. The molecule has 4 rings (SSSR count). The van der Waals surface area contributed by atoms with Gasteiger partial charge >= 0.3 is 6.09 Å². The number of nitrogens with zero attached hydrogens (tertiary/aromatic N) is 3. The van der Waals surface area contributed by atoms with Gasteiger partial charge in [-0.25, -0.2) is 9.18 Å². The van der Waals surface area contributed by atoms with Crippen LogP contribution in [-0.4, -0.2) is 59.8 Å². The average molecular weight is 455 g/mol. The Labute approximate surface area is 189 Å². The van der Waals surface area contributed by atoms with Crippen LogP contribution in [0, 0.1) is 5.82 Å². The summed E-state index contributed by atoms with van der Waals surface area (Å²) in [7, 11) is 0. The smallest absolute Gasteiger partial charge is 0.414 e. The largest absolute Gasteiger partial charge is 0.598 e. The van der Waals surface area contributed by atoms with Gasteiger partial charge in [0, 0.05) is 12.0 Å². The number of anilines is 1. The molecule has 9 nitrogen and oxygen atoms in total. The zero-order valence-electron chi connectivity index (χ0n) is 17.6. The lowest BCUT2D eigenvalue weighted by Gasteiger charge is -2.14. The third kappa shape index (κ3) is 4.96. The van der Waals surface area contributed by atoms with Crippen LogP contribution in [0.3, 0.4) is 0 Å². The van der Waals surface area contributed by atoms with Crippen molar-refractivity contribution in [1.29, 1.82) is 0 Å². The minimum Gasteiger partial charge on any atom is -0.598 e. The Kier molecular flexibility index (Phi) is 6.55. The zero-order valence-corrected chi connectivity index (χ0v) is 17.6. The van der Waals surface area contributed by atoms with Crippen molar-refractivity contribution in [3.05, 3.63) is 66.2 Å². The Hall–Kier alpha value is -3.92. The van der Waals surface area contributed by atoms with E-state index in [-0.39, 0.29) is 31.6 Å². The fourth-order valence-electron chi connectivity index (χ4n) is 3.62. The molecule has 1 amide bonds. The van der Waals surface area contributed by atoms with Crippen molar-refractivity contribution in [1.82, 2.24) is 0 Å². The number of rotatable bonds is 7. The minimum atomic E-state index is -0.581. The number of aliphatic imine (C=N–C) groups is 1. The summed E-state index contributed by atoms with van der Waals surface area (Å²) in [4.78, 5) is 22.8. The van der Waals surface area contributed by atoms with E-state index in [2.05, 4.69) is 10.1 Å². The van der Waals surface area contributed by atoms with Crippen LogP contribution in [0.25, 0.3) is 11.1 Å². The topological polar surface area (TPSA) is 133 Å². The lowest BCUT2D eigenvalue weighted by molar-refractivity contribution is 0.0390. The Balaban J connectivity index is 1.45. The average Bonchev–Trinajstić information content (AvgIpc) is 3.45. The number of cyclic esters (lactones) is 1. The van der Waals surface area contributed by atoms with Gasteiger partial charge in [0.05, 0.1) is 37.2 Å². The molecule has 0 saturated carbocycles. The van der Waals surface area contributed by atoms with Crippen LogP contribution >= 0.6 is 0 Å². The number of hydrogen-bond acceptors (Lipinski definition) is 6. The maximum Gasteiger partial charge on any atom is 0.414 e. The molecular weight excluding hydrogens is 431 g/mol. The van der Waals surface area contributed by atoms with Crippen molar-refractivity contribution in [2.24, 2.45) is 15.9 Å². The highest BCUT2D eigenvalue weighted by atomic mass is 19.1. The monoisotopic (exact) mass is 455 g/mol. The quantitative estimate of drug-likeness (QED) is 0.285. The highest BCUT2D eigenvalue weighted by Gasteiger charge is 2.32. The molecule has 2 atom stereocenters. The summed E-state index contributed by atoms with van der Waals surface area (Å²) in [6, 6.07) is 11.8. The highest BCUT2D eigenvalue weighted by molar-refractivity contribution is 6.01. The van der Waals surface area contributed by atoms with E-state index in [9.17, 15) is 9.18 Å². The second-order valence-electron chi connectivity index (χ2n) is 7.61. The van der Waals surface area contributed by atoms with E-state index in [1.807, 2.05) is 12.1 Å². The number of hydrogen-bond donors (Lipinski definition) is 2. The molecule has 0 aromatic heterocycles. The first-order chi connectivity index (χ1) is 16.0. The van der Waals surface area contributed by atoms with Gasteiger partial charge in [0.1, 0.15) is 17.8 Å². The first-order valence-electron chi connectivity index (χ1n) is 10.3. The molecule has 0 bridgehead atoms. The van der Waals surface area contributed by atoms with Crippen molar-refractivity contribution in [2.75, 3.05) is 24.6 Å². The molecule has 10 heteroatoms. The van der Waals surface area contributed by atoms with E-state index in [4.69, 9.17) is 25.5 Å². The molecule has 2 aromatic rings. The van der Waals surface area contributed by atoms with Gasteiger partial charge in [0.2, 0.25) is 6.26 Å². The number of halogens is 1. The maximum atomic E-state index is 14.9. The number of aliphatic hydroxyl groups is 1. The van der Waals surface area contributed by atoms with Crippen LogP contribution < -0.4 is 10.6 Å². The standard InChI is InChI=1S/C23H23FN4O5/c24-20-9-16(28-12-18(32-23(28)31)11-26-22(25)7-8-29)5-6-19(20)14-1-3-15(4-2-14)21-10-17(13-30)33-27-21/h1-9,17-18,29-30H,10-13H2,(H2,25,26)/p+1/b8-7-/t17?,18-/m0/s1. The van der Waals surface area contributed by atoms with E-state index in [0.717, 1.165) is 17.5 Å². The number of nitrogens with two attached hydrogens (primary N) is 1. The van der Waals surface area contributed by atoms with Crippen molar-refractivity contribution < 1.29 is 29.0 Å². The molecular formula is C23H24FN4O5+. The minimum absolute atomic E-state index is 0.0986. The van der Waals surface area contributed by atoms with E-state index in [0.29, 0.717) is 23.2 Å². The van der Waals surface area contributed by atoms with Gasteiger partial charge in [-0.3, -0.25) is 9.89 Å². The summed E-state index contributed by atoms with van der Waals surface area (Å²) >= 11 is 0. The van der Waals surface area contributed by atoms with Crippen LogP contribution in [-0.2, 0) is 9.57 Å². The van der Waals surface area contributed by atoms with Crippen molar-refractivity contribution in [3.63, 3.8) is 0 Å². The molecule has 2 aliphatic rings. The van der Waals surface area contributed by atoms with E-state index in [1.165, 1.54) is 17.0 Å². The Bertz CT molecular complexity index is 1120. The van der Waals surface area contributed by atoms with Crippen molar-refractivity contribution in [2.45, 2.75) is 18.6 Å². The van der Waals surface area contributed by atoms with Crippen molar-refractivity contribution >= 4 is 23.3 Å². The number of aliphatic hydroxyl groups excluding tert-OH is 1. The van der Waals surface area contributed by atoms with Crippen LogP contribution in [0.1, 0.15) is 12.0 Å². The number of benzene rings is 2. The molecule has 0 aliphatic carbocycles. The van der Waals surface area contributed by atoms with Gasteiger partial charge in [0.15, 0.2) is 6.10 Å². The second kappa shape index (κ2) is 9.70. The maximum absolute atomic E-state index is 14.9. The SMILES string of the molecule is NC(/C=C\[OH2+])=NC[C@H]1CN(c2ccc(-c3ccc(C4=NOC(CO)C4)cc3)c(F)c2)C(=O)O1. The third-order valence-electron chi connectivity index (χ3n) is 5.34. The van der Waals surface area contributed by atoms with Gasteiger partial charge in [-0.1, -0.05) is 29.4 Å². The summed E-state index contributed by atoms with van der Waals surface area (Å²) in [5.41, 5.74) is 8.65. The van der Waals surface area contributed by atoms with Crippen LogP contribution in [0.2, 0.25) is 0 Å². The third-order valence-corrected chi connectivity index (χ3v) is 5.34. The molecule has 2 heterocycles. The first kappa shape index (κ1) is 22.3. The van der Waals surface area contributed by atoms with Crippen LogP contribution in [0.15, 0.2) is 65.0 Å². The lowest BCUT2D eigenvalue weighted by atomic mass is 9.99. The number of carbonyl (C=O) groups excluding carboxylic acids is 1. The van der Waals surface area contributed by atoms with Gasteiger partial charge in [-0.05, 0) is 29.3 Å². The highest BCUT2D eigenvalue weighted by Crippen LogP contribution is 2.30. The second-order valence-corrected chi connectivity index (χ2v) is 7.61. The fraction of sp³-hybridized carbons (Fsp3) is 0.261. The number of carbonyl (C=O) groups is 1. The summed E-state index contributed by atoms with van der Waals surface area (Å²) < 4.78 is 20.2. The van der Waals surface area contributed by atoms with E-state index < -0.39 is 18.0 Å². The molecule has 5 N–H and O–H groups in total. The van der Waals surface area contributed by atoms with Gasteiger partial charge in [-0.15, -0.1) is 0 Å². The molecule has 2 aromatic carbocycles. The number of oxime groups is 1. The first-order valence-corrected chi connectivity index (χ1v) is 10.3. The lowest BCUT2D eigenvalue weighted by Crippen LogP contribution is -2.25. The molecule has 1 saturated heterocycles. The number of ether oxygens (including phenoxy) is 1. The Morgan fingerprint density at radius 1 is 1.27 bits per heavy atom. The van der Waals surface area contributed by atoms with Crippen molar-refractivity contribution in [3.8, 4) is 11.1 Å². The molecule has 172 valence electrons. The molecule has 0 spiro atoms. The molecule has 1 unspecified atom stereocenters. The normalized spacial score (nSPS) is 20.8. The summed E-state index contributed by atoms with van der Waals surface area (Å²) in [6.07, 6.45) is 1.44. The van der Waals surface area contributed by atoms with Crippen LogP contribution in [0.5, 0.6) is 0 Å². The zero-order chi connectivity index (χ0) is 23.4. The predicted octanol–water partition coefficient (Wildman–Crippen LogP) is 1.90. The Morgan fingerprint density at radius 3 is 2.70 bits per heavy atom. The predicted molar refractivity (Wildman–Crippen MR) is 122 cm³/mol. The van der Waals surface area contributed by atoms with E-state index >= 15 is 0 Å². The summed E-state index contributed by atoms with van der Waals surface area (Å²) in [6.45, 7) is 0.270. The van der Waals surface area contributed by atoms with Gasteiger partial charge in [0.25, 0.3) is 0 Å². The van der Waals surface area contributed by atoms with E-state index in [1.54, 1.807) is 24.3 Å². The van der Waals surface area contributed by atoms with Gasteiger partial charge in [-0.2, -0.15) is 0 Å². The molecule has 0 radical (unpaired) electrons. The summed E-state index contributed by atoms with van der Waals surface area (Å²) in [5, 5.41) is 20.1. The summed E-state index contributed by atoms with van der Waals surface area (Å²) in [5.74, 6) is -0.303. The molecule has 33 heavy (non-hydrogen) atoms. The number of amides is 1. The van der Waals surface area contributed by atoms with Gasteiger partial charge < -0.3 is 25.5 Å². The van der Waals surface area contributed by atoms with Crippen LogP contribution in [0.4, 0.5) is 14.9 Å². The molecule has 2 aliphatic heterocycles. The Morgan fingerprint density at radius 2 is 2.03 bits per heavy atom. The fourth-order valence-corrected chi connectivity index (χ4v) is 3.62. The molecule has 1 fully saturated rings.